The molecular formula is C5H10N4. The van der Waals surface area contributed by atoms with Gasteiger partial charge in [0.05, 0.1) is 23.6 Å². The molecule has 0 aromatic rings. The molecule has 9 heavy (non-hydrogen) atoms. The molecule has 0 saturated carbocycles. The molecule has 0 bridgehead atoms. The van der Waals surface area contributed by atoms with Crippen molar-refractivity contribution in [2.45, 2.75) is 0 Å². The Morgan fingerprint density at radius 2 is 2.00 bits per heavy atom. The second-order valence-electron chi connectivity index (χ2n) is 1.92. The summed E-state index contributed by atoms with van der Waals surface area (Å²) in [5, 5.41) is 2.86. The van der Waals surface area contributed by atoms with Crippen LogP contribution in [0.5, 0.6) is 0 Å². The molecule has 4 heteroatoms. The van der Waals surface area contributed by atoms with Crippen LogP contribution in [0, 0.1) is 0 Å². The molecule has 1 aliphatic rings. The summed E-state index contributed by atoms with van der Waals surface area (Å²) in [6.45, 7) is 0.590. The van der Waals surface area contributed by atoms with Crippen LogP contribution in [-0.4, -0.2) is 6.54 Å². The molecule has 0 aromatic heterocycles. The van der Waals surface area contributed by atoms with Gasteiger partial charge < -0.3 is 22.5 Å². The molecule has 1 rings (SSSR count). The van der Waals surface area contributed by atoms with Crippen LogP contribution < -0.4 is 22.5 Å². The average molecular weight is 126 g/mol. The summed E-state index contributed by atoms with van der Waals surface area (Å²) in [5.41, 5.74) is 17.9. The third-order valence-corrected chi connectivity index (χ3v) is 1.21. The Balaban J connectivity index is 2.88. The molecule has 0 fully saturated rings. The number of dihydropyridines is 1. The zero-order valence-corrected chi connectivity index (χ0v) is 5.02. The van der Waals surface area contributed by atoms with Crippen LogP contribution in [-0.2, 0) is 0 Å². The van der Waals surface area contributed by atoms with E-state index in [1.165, 1.54) is 0 Å². The minimum absolute atomic E-state index is 0.494. The standard InChI is InChI=1S/C5H10N4/c6-3-1-9-2-4(7)5(3)8/h1,9H,2,6-8H2. The lowest BCUT2D eigenvalue weighted by atomic mass is 10.2. The second-order valence-corrected chi connectivity index (χ2v) is 1.92. The maximum atomic E-state index is 5.44. The fourth-order valence-corrected chi connectivity index (χ4v) is 0.629. The third-order valence-electron chi connectivity index (χ3n) is 1.21. The largest absolute Gasteiger partial charge is 0.399 e. The molecule has 50 valence electrons. The van der Waals surface area contributed by atoms with Crippen molar-refractivity contribution in [2.75, 3.05) is 6.54 Å². The number of nitrogens with two attached hydrogens (primary N) is 3. The maximum absolute atomic E-state index is 5.44. The minimum Gasteiger partial charge on any atom is -0.399 e. The summed E-state index contributed by atoms with van der Waals surface area (Å²) >= 11 is 0. The molecule has 1 aliphatic heterocycles. The van der Waals surface area contributed by atoms with E-state index < -0.39 is 0 Å². The van der Waals surface area contributed by atoms with Gasteiger partial charge in [0.15, 0.2) is 0 Å². The van der Waals surface area contributed by atoms with Crippen LogP contribution in [0.1, 0.15) is 0 Å². The number of hydrogen-bond acceptors (Lipinski definition) is 4. The monoisotopic (exact) mass is 126 g/mol. The van der Waals surface area contributed by atoms with Gasteiger partial charge in [-0.3, -0.25) is 0 Å². The van der Waals surface area contributed by atoms with Gasteiger partial charge in [-0.1, -0.05) is 0 Å². The Morgan fingerprint density at radius 3 is 2.44 bits per heavy atom. The van der Waals surface area contributed by atoms with Crippen LogP contribution in [0.2, 0.25) is 0 Å². The SMILES string of the molecule is NC1=CNCC(N)=C1N. The molecule has 0 unspecified atom stereocenters. The Labute approximate surface area is 53.4 Å². The topological polar surface area (TPSA) is 90.1 Å². The van der Waals surface area contributed by atoms with E-state index in [1.54, 1.807) is 6.20 Å². The molecule has 0 aliphatic carbocycles. The number of nitrogens with one attached hydrogen (secondary N) is 1. The second kappa shape index (κ2) is 1.89. The highest BCUT2D eigenvalue weighted by molar-refractivity contribution is 5.32. The van der Waals surface area contributed by atoms with E-state index in [9.17, 15) is 0 Å². The van der Waals surface area contributed by atoms with Gasteiger partial charge in [-0.2, -0.15) is 0 Å². The van der Waals surface area contributed by atoms with Crippen LogP contribution >= 0.6 is 0 Å². The molecule has 4 nitrogen and oxygen atoms in total. The van der Waals surface area contributed by atoms with E-state index in [4.69, 9.17) is 17.2 Å². The highest BCUT2D eigenvalue weighted by Gasteiger charge is 2.05. The van der Waals surface area contributed by atoms with E-state index >= 15 is 0 Å². The normalized spacial score (nSPS) is 18.9. The molecule has 0 amide bonds. The fourth-order valence-electron chi connectivity index (χ4n) is 0.629. The zero-order valence-electron chi connectivity index (χ0n) is 5.02. The van der Waals surface area contributed by atoms with Crippen molar-refractivity contribution in [3.05, 3.63) is 23.3 Å². The minimum atomic E-state index is 0.494. The van der Waals surface area contributed by atoms with Crippen LogP contribution in [0.25, 0.3) is 0 Å². The van der Waals surface area contributed by atoms with Crippen molar-refractivity contribution in [3.63, 3.8) is 0 Å². The predicted molar refractivity (Wildman–Crippen MR) is 35.7 cm³/mol. The average Bonchev–Trinajstić information content (AvgIpc) is 1.83. The smallest absolute Gasteiger partial charge is 0.0772 e. The highest BCUT2D eigenvalue weighted by Crippen LogP contribution is 2.01. The summed E-state index contributed by atoms with van der Waals surface area (Å²) in [4.78, 5) is 0. The van der Waals surface area contributed by atoms with Gasteiger partial charge in [0.25, 0.3) is 0 Å². The van der Waals surface area contributed by atoms with Crippen molar-refractivity contribution in [3.8, 4) is 0 Å². The molecule has 0 saturated heterocycles. The van der Waals surface area contributed by atoms with Crippen LogP contribution in [0.15, 0.2) is 23.3 Å². The summed E-state index contributed by atoms with van der Waals surface area (Å²) in [5.74, 6) is 0. The van der Waals surface area contributed by atoms with Crippen molar-refractivity contribution in [1.29, 1.82) is 0 Å². The lowest BCUT2D eigenvalue weighted by molar-refractivity contribution is 0.860. The van der Waals surface area contributed by atoms with Gasteiger partial charge in [-0.15, -0.1) is 0 Å². The lowest BCUT2D eigenvalue weighted by Crippen LogP contribution is -2.29. The van der Waals surface area contributed by atoms with Gasteiger partial charge in [0.1, 0.15) is 0 Å². The first-order valence-corrected chi connectivity index (χ1v) is 2.65. The molecule has 0 atom stereocenters. The van der Waals surface area contributed by atoms with E-state index in [0.29, 0.717) is 23.6 Å². The molecule has 7 N–H and O–H groups in total. The van der Waals surface area contributed by atoms with Crippen molar-refractivity contribution in [1.82, 2.24) is 5.32 Å². The van der Waals surface area contributed by atoms with E-state index in [0.717, 1.165) is 0 Å². The van der Waals surface area contributed by atoms with E-state index in [2.05, 4.69) is 5.32 Å². The number of hydrogen-bond donors (Lipinski definition) is 4. The molecule has 0 aromatic carbocycles. The Kier molecular flexibility index (Phi) is 1.22. The Morgan fingerprint density at radius 1 is 1.33 bits per heavy atom. The Bertz CT molecular complexity index is 179. The first kappa shape index (κ1) is 5.81. The van der Waals surface area contributed by atoms with E-state index in [-0.39, 0.29) is 0 Å². The predicted octanol–water partition coefficient (Wildman–Crippen LogP) is -1.48. The molecule has 0 radical (unpaired) electrons. The zero-order chi connectivity index (χ0) is 6.85. The van der Waals surface area contributed by atoms with Crippen molar-refractivity contribution < 1.29 is 0 Å². The summed E-state index contributed by atoms with van der Waals surface area (Å²) in [6.07, 6.45) is 1.64. The van der Waals surface area contributed by atoms with E-state index in [1.807, 2.05) is 0 Å². The first-order valence-electron chi connectivity index (χ1n) is 2.65. The van der Waals surface area contributed by atoms with Crippen molar-refractivity contribution >= 4 is 0 Å². The number of rotatable bonds is 0. The first-order chi connectivity index (χ1) is 4.22. The summed E-state index contributed by atoms with van der Waals surface area (Å²) < 4.78 is 0. The van der Waals surface area contributed by atoms with Gasteiger partial charge >= 0.3 is 0 Å². The van der Waals surface area contributed by atoms with Gasteiger partial charge in [0.2, 0.25) is 0 Å². The molecule has 0 spiro atoms. The third kappa shape index (κ3) is 0.910. The quantitative estimate of drug-likeness (QED) is 0.318. The van der Waals surface area contributed by atoms with Gasteiger partial charge in [-0.25, -0.2) is 0 Å². The van der Waals surface area contributed by atoms with Gasteiger partial charge in [-0.05, 0) is 0 Å². The van der Waals surface area contributed by atoms with Crippen molar-refractivity contribution in [2.24, 2.45) is 17.2 Å². The Hall–Kier alpha value is -1.32. The summed E-state index contributed by atoms with van der Waals surface area (Å²) in [7, 11) is 0. The summed E-state index contributed by atoms with van der Waals surface area (Å²) in [6, 6.07) is 0. The lowest BCUT2D eigenvalue weighted by Gasteiger charge is -2.13. The maximum Gasteiger partial charge on any atom is 0.0772 e. The van der Waals surface area contributed by atoms with Crippen LogP contribution in [0.3, 0.4) is 0 Å². The van der Waals surface area contributed by atoms with Gasteiger partial charge in [0, 0.05) is 6.20 Å². The van der Waals surface area contributed by atoms with Crippen LogP contribution in [0.4, 0.5) is 0 Å². The molecule has 1 heterocycles. The molecular weight excluding hydrogens is 116 g/mol. The fraction of sp³-hybridized carbons (Fsp3) is 0.200. The highest BCUT2D eigenvalue weighted by atomic mass is 14.9.